The number of rotatable bonds is 6. The number of benzene rings is 2. The van der Waals surface area contributed by atoms with E-state index in [1.807, 2.05) is 54.6 Å². The van der Waals surface area contributed by atoms with Crippen LogP contribution in [0.2, 0.25) is 0 Å². The van der Waals surface area contributed by atoms with E-state index < -0.39 is 0 Å². The predicted molar refractivity (Wildman–Crippen MR) is 100 cm³/mol. The van der Waals surface area contributed by atoms with E-state index in [0.29, 0.717) is 23.6 Å². The molecule has 2 heterocycles. The number of imidazole rings is 1. The minimum Gasteiger partial charge on any atom is -0.489 e. The first-order valence-corrected chi connectivity index (χ1v) is 8.08. The van der Waals surface area contributed by atoms with Gasteiger partial charge in [-0.15, -0.1) is 0 Å². The number of nitrogens with one attached hydrogen (secondary N) is 2. The Kier molecular flexibility index (Phi) is 4.51. The maximum Gasteiger partial charge on any atom is 0.182 e. The van der Waals surface area contributed by atoms with Crippen molar-refractivity contribution < 1.29 is 4.74 Å². The Labute approximate surface area is 149 Å². The number of anilines is 1. The van der Waals surface area contributed by atoms with Gasteiger partial charge in [0.25, 0.3) is 0 Å². The van der Waals surface area contributed by atoms with Crippen molar-refractivity contribution in [3.05, 3.63) is 78.4 Å². The van der Waals surface area contributed by atoms with E-state index >= 15 is 0 Å². The zero-order chi connectivity index (χ0) is 17.6. The highest BCUT2D eigenvalue weighted by Crippen LogP contribution is 2.15. The molecule has 7 nitrogen and oxygen atoms in total. The first-order valence-electron chi connectivity index (χ1n) is 8.08. The van der Waals surface area contributed by atoms with Crippen LogP contribution < -0.4 is 10.2 Å². The molecule has 0 radical (unpaired) electrons. The molecule has 0 bridgehead atoms. The fourth-order valence-corrected chi connectivity index (χ4v) is 2.41. The molecule has 4 aromatic rings. The second-order valence-corrected chi connectivity index (χ2v) is 5.54. The van der Waals surface area contributed by atoms with E-state index in [4.69, 9.17) is 4.74 Å². The molecule has 7 heteroatoms. The molecular weight excluding hydrogens is 328 g/mol. The van der Waals surface area contributed by atoms with Crippen LogP contribution >= 0.6 is 0 Å². The third-order valence-corrected chi connectivity index (χ3v) is 3.74. The average Bonchev–Trinajstić information content (AvgIpc) is 3.18. The van der Waals surface area contributed by atoms with Gasteiger partial charge in [0, 0.05) is 0 Å². The Bertz CT molecular complexity index is 1010. The number of nitrogens with zero attached hydrogens (tertiary/aromatic N) is 4. The number of aromatic nitrogens is 4. The molecule has 0 aliphatic carbocycles. The molecule has 26 heavy (non-hydrogen) atoms. The summed E-state index contributed by atoms with van der Waals surface area (Å²) in [5.74, 6) is 1.39. The normalized spacial score (nSPS) is 11.1. The van der Waals surface area contributed by atoms with E-state index in [1.165, 1.54) is 6.33 Å². The smallest absolute Gasteiger partial charge is 0.182 e. The zero-order valence-corrected chi connectivity index (χ0v) is 13.8. The topological polar surface area (TPSA) is 88.1 Å². The van der Waals surface area contributed by atoms with Gasteiger partial charge in [-0.1, -0.05) is 30.3 Å². The molecule has 0 aliphatic heterocycles. The molecule has 128 valence electrons. The third-order valence-electron chi connectivity index (χ3n) is 3.74. The summed E-state index contributed by atoms with van der Waals surface area (Å²) in [5, 5.41) is 4.21. The summed E-state index contributed by atoms with van der Waals surface area (Å²) in [6.45, 7) is 0.545. The standard InChI is InChI=1S/C19H16N6O/c1-2-4-15(5-3-1)11-26-16-8-6-14(7-9-16)10-24-25-19-17-18(21-12-20-17)22-13-23-19/h1-10,12-13H,11H2,(H2,20,21,22,23,25)/b24-10+. The van der Waals surface area contributed by atoms with Crippen LogP contribution in [0.15, 0.2) is 72.4 Å². The van der Waals surface area contributed by atoms with Crippen molar-refractivity contribution in [2.45, 2.75) is 6.61 Å². The van der Waals surface area contributed by atoms with Crippen LogP contribution in [0.4, 0.5) is 5.82 Å². The first kappa shape index (κ1) is 15.8. The Balaban J connectivity index is 1.36. The summed E-state index contributed by atoms with van der Waals surface area (Å²) >= 11 is 0. The van der Waals surface area contributed by atoms with Gasteiger partial charge in [0.1, 0.15) is 24.2 Å². The molecule has 0 atom stereocenters. The SMILES string of the molecule is C(=N\Nc1ncnc2nc[nH]c12)/c1ccc(OCc2ccccc2)cc1. The molecule has 0 unspecified atom stereocenters. The number of ether oxygens (including phenoxy) is 1. The maximum absolute atomic E-state index is 5.77. The molecule has 4 rings (SSSR count). The minimum atomic E-state index is 0.545. The quantitative estimate of drug-likeness (QED) is 0.413. The van der Waals surface area contributed by atoms with Crippen LogP contribution in [0.5, 0.6) is 5.75 Å². The van der Waals surface area contributed by atoms with Crippen molar-refractivity contribution in [2.75, 3.05) is 5.43 Å². The first-order chi connectivity index (χ1) is 12.9. The van der Waals surface area contributed by atoms with Gasteiger partial charge in [0.15, 0.2) is 11.5 Å². The van der Waals surface area contributed by atoms with Crippen LogP contribution in [0.1, 0.15) is 11.1 Å². The van der Waals surface area contributed by atoms with Crippen molar-refractivity contribution in [2.24, 2.45) is 5.10 Å². The molecule has 0 fully saturated rings. The number of hydrogen-bond acceptors (Lipinski definition) is 6. The highest BCUT2D eigenvalue weighted by Gasteiger charge is 2.03. The highest BCUT2D eigenvalue weighted by atomic mass is 16.5. The number of aromatic amines is 1. The summed E-state index contributed by atoms with van der Waals surface area (Å²) in [6, 6.07) is 17.8. The minimum absolute atomic E-state index is 0.545. The second-order valence-electron chi connectivity index (χ2n) is 5.54. The van der Waals surface area contributed by atoms with Crippen LogP contribution in [-0.2, 0) is 6.61 Å². The van der Waals surface area contributed by atoms with Crippen molar-refractivity contribution in [3.8, 4) is 5.75 Å². The van der Waals surface area contributed by atoms with E-state index in [9.17, 15) is 0 Å². The van der Waals surface area contributed by atoms with Crippen LogP contribution in [0.25, 0.3) is 11.2 Å². The molecule has 0 saturated heterocycles. The highest BCUT2D eigenvalue weighted by molar-refractivity contribution is 5.84. The average molecular weight is 344 g/mol. The summed E-state index contributed by atoms with van der Waals surface area (Å²) < 4.78 is 5.77. The second kappa shape index (κ2) is 7.43. The Morgan fingerprint density at radius 3 is 2.69 bits per heavy atom. The molecule has 2 N–H and O–H groups in total. The molecule has 2 aromatic carbocycles. The van der Waals surface area contributed by atoms with Crippen molar-refractivity contribution >= 4 is 23.2 Å². The van der Waals surface area contributed by atoms with Crippen molar-refractivity contribution in [1.29, 1.82) is 0 Å². The van der Waals surface area contributed by atoms with E-state index in [1.54, 1.807) is 12.5 Å². The van der Waals surface area contributed by atoms with Gasteiger partial charge in [-0.3, -0.25) is 5.43 Å². The number of fused-ring (bicyclic) bond motifs is 1. The molecular formula is C19H16N6O. The number of hydrogen-bond donors (Lipinski definition) is 2. The lowest BCUT2D eigenvalue weighted by Crippen LogP contribution is -1.96. The van der Waals surface area contributed by atoms with Gasteiger partial charge in [-0.2, -0.15) is 5.10 Å². The zero-order valence-electron chi connectivity index (χ0n) is 13.8. The fourth-order valence-electron chi connectivity index (χ4n) is 2.41. The largest absolute Gasteiger partial charge is 0.489 e. The lowest BCUT2D eigenvalue weighted by Gasteiger charge is -2.06. The third kappa shape index (κ3) is 3.67. The molecule has 0 spiro atoms. The Morgan fingerprint density at radius 2 is 1.85 bits per heavy atom. The van der Waals surface area contributed by atoms with Gasteiger partial charge < -0.3 is 9.72 Å². The number of hydrazone groups is 1. The van der Waals surface area contributed by atoms with Gasteiger partial charge in [0.05, 0.1) is 12.5 Å². The Hall–Kier alpha value is -3.74. The Morgan fingerprint density at radius 1 is 1.00 bits per heavy atom. The van der Waals surface area contributed by atoms with Gasteiger partial charge >= 0.3 is 0 Å². The monoisotopic (exact) mass is 344 g/mol. The van der Waals surface area contributed by atoms with E-state index in [0.717, 1.165) is 16.9 Å². The molecule has 0 aliphatic rings. The maximum atomic E-state index is 5.77. The fraction of sp³-hybridized carbons (Fsp3) is 0.0526. The number of H-pyrrole nitrogens is 1. The lowest BCUT2D eigenvalue weighted by atomic mass is 10.2. The van der Waals surface area contributed by atoms with Gasteiger partial charge in [0.2, 0.25) is 0 Å². The lowest BCUT2D eigenvalue weighted by molar-refractivity contribution is 0.306. The summed E-state index contributed by atoms with van der Waals surface area (Å²) in [5.41, 5.74) is 6.29. The van der Waals surface area contributed by atoms with E-state index in [-0.39, 0.29) is 0 Å². The van der Waals surface area contributed by atoms with Crippen LogP contribution in [0, 0.1) is 0 Å². The molecule has 0 amide bonds. The summed E-state index contributed by atoms with van der Waals surface area (Å²) in [4.78, 5) is 15.3. The van der Waals surface area contributed by atoms with Gasteiger partial charge in [-0.05, 0) is 35.4 Å². The summed E-state index contributed by atoms with van der Waals surface area (Å²) in [7, 11) is 0. The van der Waals surface area contributed by atoms with Gasteiger partial charge in [-0.25, -0.2) is 15.0 Å². The molecule has 2 aromatic heterocycles. The predicted octanol–water partition coefficient (Wildman–Crippen LogP) is 3.38. The summed E-state index contributed by atoms with van der Waals surface area (Å²) in [6.07, 6.45) is 4.73. The molecule has 0 saturated carbocycles. The van der Waals surface area contributed by atoms with Crippen LogP contribution in [0.3, 0.4) is 0 Å². The van der Waals surface area contributed by atoms with Crippen molar-refractivity contribution in [1.82, 2.24) is 19.9 Å². The van der Waals surface area contributed by atoms with E-state index in [2.05, 4.69) is 30.5 Å². The van der Waals surface area contributed by atoms with Crippen molar-refractivity contribution in [3.63, 3.8) is 0 Å². The van der Waals surface area contributed by atoms with Crippen LogP contribution in [-0.4, -0.2) is 26.2 Å².